The molecule has 0 unspecified atom stereocenters. The molecule has 0 spiro atoms. The van der Waals surface area contributed by atoms with Gasteiger partial charge in [0.05, 0.1) is 0 Å². The SMILES string of the molecule is CC(C)CCN(C)c1cc([C@@H](C)N)ccn1. The van der Waals surface area contributed by atoms with E-state index in [2.05, 4.69) is 36.8 Å². The van der Waals surface area contributed by atoms with Gasteiger partial charge < -0.3 is 10.6 Å². The lowest BCUT2D eigenvalue weighted by molar-refractivity contribution is 0.583. The molecule has 1 aromatic heterocycles. The first kappa shape index (κ1) is 13.0. The van der Waals surface area contributed by atoms with Gasteiger partial charge in [-0.1, -0.05) is 13.8 Å². The second-order valence-electron chi connectivity index (χ2n) is 4.84. The van der Waals surface area contributed by atoms with Crippen molar-refractivity contribution in [2.75, 3.05) is 18.5 Å². The molecule has 0 aromatic carbocycles. The molecule has 0 saturated heterocycles. The molecule has 0 aliphatic heterocycles. The minimum atomic E-state index is 0.0697. The molecule has 0 fully saturated rings. The van der Waals surface area contributed by atoms with Gasteiger partial charge in [-0.05, 0) is 37.0 Å². The number of anilines is 1. The van der Waals surface area contributed by atoms with Crippen molar-refractivity contribution < 1.29 is 0 Å². The van der Waals surface area contributed by atoms with Gasteiger partial charge in [0, 0.05) is 25.8 Å². The maximum absolute atomic E-state index is 5.86. The third-order valence-corrected chi connectivity index (χ3v) is 2.73. The summed E-state index contributed by atoms with van der Waals surface area (Å²) in [4.78, 5) is 6.56. The van der Waals surface area contributed by atoms with Crippen molar-refractivity contribution in [2.24, 2.45) is 11.7 Å². The number of nitrogens with zero attached hydrogens (tertiary/aromatic N) is 2. The summed E-state index contributed by atoms with van der Waals surface area (Å²) in [6.07, 6.45) is 3.01. The summed E-state index contributed by atoms with van der Waals surface area (Å²) < 4.78 is 0. The Morgan fingerprint density at radius 3 is 2.62 bits per heavy atom. The molecule has 1 aromatic rings. The van der Waals surface area contributed by atoms with E-state index in [-0.39, 0.29) is 6.04 Å². The van der Waals surface area contributed by atoms with Gasteiger partial charge in [0.2, 0.25) is 0 Å². The normalized spacial score (nSPS) is 12.9. The molecule has 16 heavy (non-hydrogen) atoms. The third kappa shape index (κ3) is 3.81. The largest absolute Gasteiger partial charge is 0.360 e. The van der Waals surface area contributed by atoms with Crippen LogP contribution in [0.3, 0.4) is 0 Å². The zero-order chi connectivity index (χ0) is 12.1. The Labute approximate surface area is 98.7 Å². The lowest BCUT2D eigenvalue weighted by Crippen LogP contribution is -2.21. The molecule has 0 radical (unpaired) electrons. The second kappa shape index (κ2) is 5.85. The van der Waals surface area contributed by atoms with Crippen LogP contribution >= 0.6 is 0 Å². The monoisotopic (exact) mass is 221 g/mol. The average molecular weight is 221 g/mol. The standard InChI is InChI=1S/C13H23N3/c1-10(2)6-8-16(4)13-9-12(11(3)14)5-7-15-13/h5,7,9-11H,6,8,14H2,1-4H3/t11-/m1/s1. The molecule has 1 rings (SSSR count). The van der Waals surface area contributed by atoms with Crippen LogP contribution < -0.4 is 10.6 Å². The summed E-state index contributed by atoms with van der Waals surface area (Å²) in [5.74, 6) is 1.73. The van der Waals surface area contributed by atoms with Crippen molar-refractivity contribution in [1.82, 2.24) is 4.98 Å². The summed E-state index contributed by atoms with van der Waals surface area (Å²) in [5.41, 5.74) is 7.00. The second-order valence-corrected chi connectivity index (χ2v) is 4.84. The number of aromatic nitrogens is 1. The molecule has 0 aliphatic rings. The summed E-state index contributed by atoms with van der Waals surface area (Å²) in [6.45, 7) is 7.50. The molecule has 1 heterocycles. The van der Waals surface area contributed by atoms with E-state index in [9.17, 15) is 0 Å². The molecule has 1 atom stereocenters. The van der Waals surface area contributed by atoms with Crippen LogP contribution in [0.2, 0.25) is 0 Å². The fourth-order valence-electron chi connectivity index (χ4n) is 1.49. The molecule has 0 amide bonds. The smallest absolute Gasteiger partial charge is 0.128 e. The van der Waals surface area contributed by atoms with Crippen LogP contribution in [0.25, 0.3) is 0 Å². The van der Waals surface area contributed by atoms with E-state index in [0.29, 0.717) is 0 Å². The summed E-state index contributed by atoms with van der Waals surface area (Å²) in [7, 11) is 2.08. The average Bonchev–Trinajstić information content (AvgIpc) is 2.26. The van der Waals surface area contributed by atoms with Crippen LogP contribution in [0.4, 0.5) is 5.82 Å². The molecule has 0 saturated carbocycles. The highest BCUT2D eigenvalue weighted by atomic mass is 15.2. The molecule has 90 valence electrons. The predicted molar refractivity (Wildman–Crippen MR) is 69.6 cm³/mol. The maximum atomic E-state index is 5.86. The van der Waals surface area contributed by atoms with Gasteiger partial charge in [0.25, 0.3) is 0 Å². The number of nitrogens with two attached hydrogens (primary N) is 1. The van der Waals surface area contributed by atoms with Crippen LogP contribution in [-0.4, -0.2) is 18.6 Å². The van der Waals surface area contributed by atoms with Crippen LogP contribution in [-0.2, 0) is 0 Å². The fraction of sp³-hybridized carbons (Fsp3) is 0.615. The molecule has 0 bridgehead atoms. The first-order chi connectivity index (χ1) is 7.50. The van der Waals surface area contributed by atoms with Crippen molar-refractivity contribution in [3.05, 3.63) is 23.9 Å². The molecular weight excluding hydrogens is 198 g/mol. The van der Waals surface area contributed by atoms with E-state index < -0.39 is 0 Å². The molecular formula is C13H23N3. The quantitative estimate of drug-likeness (QED) is 0.831. The van der Waals surface area contributed by atoms with Crippen LogP contribution in [0, 0.1) is 5.92 Å². The highest BCUT2D eigenvalue weighted by molar-refractivity contribution is 5.40. The van der Waals surface area contributed by atoms with E-state index >= 15 is 0 Å². The van der Waals surface area contributed by atoms with Crippen LogP contribution in [0.5, 0.6) is 0 Å². The predicted octanol–water partition coefficient (Wildman–Crippen LogP) is 2.58. The minimum absolute atomic E-state index is 0.0697. The van der Waals surface area contributed by atoms with E-state index in [1.807, 2.05) is 19.2 Å². The number of pyridine rings is 1. The van der Waals surface area contributed by atoms with Crippen molar-refractivity contribution in [1.29, 1.82) is 0 Å². The van der Waals surface area contributed by atoms with Crippen LogP contribution in [0.15, 0.2) is 18.3 Å². The summed E-state index contributed by atoms with van der Waals surface area (Å²) in [5, 5.41) is 0. The van der Waals surface area contributed by atoms with Crippen molar-refractivity contribution >= 4 is 5.82 Å². The number of hydrogen-bond acceptors (Lipinski definition) is 3. The van der Waals surface area contributed by atoms with Gasteiger partial charge in [-0.3, -0.25) is 0 Å². The van der Waals surface area contributed by atoms with Gasteiger partial charge in [0.1, 0.15) is 5.82 Å². The first-order valence-corrected chi connectivity index (χ1v) is 5.93. The van der Waals surface area contributed by atoms with Gasteiger partial charge in [-0.2, -0.15) is 0 Å². The molecule has 3 nitrogen and oxygen atoms in total. The highest BCUT2D eigenvalue weighted by Gasteiger charge is 2.06. The zero-order valence-electron chi connectivity index (χ0n) is 10.8. The van der Waals surface area contributed by atoms with Crippen LogP contribution in [0.1, 0.15) is 38.8 Å². The topological polar surface area (TPSA) is 42.1 Å². The third-order valence-electron chi connectivity index (χ3n) is 2.73. The number of hydrogen-bond donors (Lipinski definition) is 1. The van der Waals surface area contributed by atoms with Gasteiger partial charge in [-0.15, -0.1) is 0 Å². The Morgan fingerprint density at radius 2 is 2.06 bits per heavy atom. The first-order valence-electron chi connectivity index (χ1n) is 5.93. The van der Waals surface area contributed by atoms with Crippen molar-refractivity contribution in [3.8, 4) is 0 Å². The van der Waals surface area contributed by atoms with Gasteiger partial charge in [0.15, 0.2) is 0 Å². The van der Waals surface area contributed by atoms with Crippen molar-refractivity contribution in [2.45, 2.75) is 33.2 Å². The van der Waals surface area contributed by atoms with Gasteiger partial charge >= 0.3 is 0 Å². The minimum Gasteiger partial charge on any atom is -0.360 e. The Bertz CT molecular complexity index is 321. The highest BCUT2D eigenvalue weighted by Crippen LogP contribution is 2.16. The lowest BCUT2D eigenvalue weighted by Gasteiger charge is -2.20. The summed E-state index contributed by atoms with van der Waals surface area (Å²) >= 11 is 0. The summed E-state index contributed by atoms with van der Waals surface area (Å²) in [6, 6.07) is 4.12. The van der Waals surface area contributed by atoms with E-state index in [4.69, 9.17) is 5.73 Å². The van der Waals surface area contributed by atoms with E-state index in [0.717, 1.165) is 23.8 Å². The maximum Gasteiger partial charge on any atom is 0.128 e. The molecule has 3 heteroatoms. The Balaban J connectivity index is 2.68. The lowest BCUT2D eigenvalue weighted by atomic mass is 10.1. The Morgan fingerprint density at radius 1 is 1.38 bits per heavy atom. The van der Waals surface area contributed by atoms with E-state index in [1.165, 1.54) is 6.42 Å². The number of rotatable bonds is 5. The molecule has 2 N–H and O–H groups in total. The van der Waals surface area contributed by atoms with Gasteiger partial charge in [-0.25, -0.2) is 4.98 Å². The Kier molecular flexibility index (Phi) is 4.74. The van der Waals surface area contributed by atoms with E-state index in [1.54, 1.807) is 0 Å². The fourth-order valence-corrected chi connectivity index (χ4v) is 1.49. The Hall–Kier alpha value is -1.09. The zero-order valence-corrected chi connectivity index (χ0v) is 10.8. The van der Waals surface area contributed by atoms with Crippen molar-refractivity contribution in [3.63, 3.8) is 0 Å². The molecule has 0 aliphatic carbocycles.